The van der Waals surface area contributed by atoms with Crippen molar-refractivity contribution in [1.82, 2.24) is 10.3 Å². The summed E-state index contributed by atoms with van der Waals surface area (Å²) in [6, 6.07) is 9.96. The zero-order valence-corrected chi connectivity index (χ0v) is 12.7. The Balaban J connectivity index is 1.86. The number of aromatic nitrogens is 1. The minimum atomic E-state index is -0.267. The summed E-state index contributed by atoms with van der Waals surface area (Å²) in [5.41, 5.74) is 2.07. The van der Waals surface area contributed by atoms with Gasteiger partial charge in [-0.1, -0.05) is 6.07 Å². The first-order valence-corrected chi connectivity index (χ1v) is 6.99. The first kappa shape index (κ1) is 15.4. The van der Waals surface area contributed by atoms with E-state index in [2.05, 4.69) is 31.1 Å². The smallest absolute Gasteiger partial charge is 0.130 e. The van der Waals surface area contributed by atoms with Crippen molar-refractivity contribution in [1.29, 1.82) is 0 Å². The average molecular weight is 288 g/mol. The molecule has 0 spiro atoms. The van der Waals surface area contributed by atoms with Crippen molar-refractivity contribution < 1.29 is 9.13 Å². The van der Waals surface area contributed by atoms with Crippen molar-refractivity contribution in [3.05, 3.63) is 59.7 Å². The van der Waals surface area contributed by atoms with Gasteiger partial charge in [-0.05, 0) is 56.7 Å². The molecule has 0 saturated carbocycles. The Labute approximate surface area is 125 Å². The zero-order chi connectivity index (χ0) is 15.3. The molecule has 0 aliphatic carbocycles. The quantitative estimate of drug-likeness (QED) is 0.911. The number of nitrogens with zero attached hydrogens (tertiary/aromatic N) is 1. The summed E-state index contributed by atoms with van der Waals surface area (Å²) in [4.78, 5) is 4.37. The summed E-state index contributed by atoms with van der Waals surface area (Å²) in [6.07, 6.45) is 1.85. The molecule has 0 aliphatic heterocycles. The Morgan fingerprint density at radius 1 is 1.10 bits per heavy atom. The van der Waals surface area contributed by atoms with Gasteiger partial charge in [0.1, 0.15) is 18.2 Å². The third kappa shape index (κ3) is 5.52. The van der Waals surface area contributed by atoms with Crippen LogP contribution in [0.1, 0.15) is 32.0 Å². The van der Waals surface area contributed by atoms with Crippen molar-refractivity contribution in [3.63, 3.8) is 0 Å². The minimum Gasteiger partial charge on any atom is -0.487 e. The fraction of sp³-hybridized carbons (Fsp3) is 0.353. The summed E-state index contributed by atoms with van der Waals surface area (Å²) in [7, 11) is 0. The Kier molecular flexibility index (Phi) is 4.91. The maximum Gasteiger partial charge on any atom is 0.130 e. The number of nitrogens with one attached hydrogen (secondary N) is 1. The molecule has 3 nitrogen and oxygen atoms in total. The molecule has 0 amide bonds. The van der Waals surface area contributed by atoms with E-state index in [1.807, 2.05) is 18.3 Å². The molecular formula is C17H21FN2O. The van der Waals surface area contributed by atoms with Crippen LogP contribution in [0.2, 0.25) is 0 Å². The summed E-state index contributed by atoms with van der Waals surface area (Å²) >= 11 is 0. The molecule has 1 aromatic carbocycles. The molecule has 2 aromatic rings. The van der Waals surface area contributed by atoms with E-state index in [1.54, 1.807) is 12.1 Å². The Hall–Kier alpha value is -1.94. The normalized spacial score (nSPS) is 11.4. The summed E-state index contributed by atoms with van der Waals surface area (Å²) < 4.78 is 18.3. The van der Waals surface area contributed by atoms with Gasteiger partial charge in [0.25, 0.3) is 0 Å². The second-order valence-corrected chi connectivity index (χ2v) is 6.00. The van der Waals surface area contributed by atoms with E-state index in [1.165, 1.54) is 12.1 Å². The van der Waals surface area contributed by atoms with Gasteiger partial charge >= 0.3 is 0 Å². The lowest BCUT2D eigenvalue weighted by Gasteiger charge is -2.20. The van der Waals surface area contributed by atoms with Crippen LogP contribution in [0.3, 0.4) is 0 Å². The van der Waals surface area contributed by atoms with E-state index in [0.717, 1.165) is 17.8 Å². The van der Waals surface area contributed by atoms with E-state index in [0.29, 0.717) is 12.4 Å². The van der Waals surface area contributed by atoms with Crippen molar-refractivity contribution in [2.24, 2.45) is 0 Å². The van der Waals surface area contributed by atoms with E-state index in [9.17, 15) is 4.39 Å². The molecule has 1 N–H and O–H groups in total. The number of ether oxygens (including phenoxy) is 1. The lowest BCUT2D eigenvalue weighted by molar-refractivity contribution is 0.301. The van der Waals surface area contributed by atoms with Gasteiger partial charge < -0.3 is 10.1 Å². The number of benzene rings is 1. The third-order valence-corrected chi connectivity index (χ3v) is 2.91. The maximum absolute atomic E-state index is 12.8. The van der Waals surface area contributed by atoms with Crippen molar-refractivity contribution in [3.8, 4) is 5.75 Å². The van der Waals surface area contributed by atoms with Crippen LogP contribution in [-0.2, 0) is 13.2 Å². The molecule has 0 aliphatic rings. The second-order valence-electron chi connectivity index (χ2n) is 6.00. The van der Waals surface area contributed by atoms with Crippen LogP contribution in [0.15, 0.2) is 42.6 Å². The van der Waals surface area contributed by atoms with E-state index >= 15 is 0 Å². The molecule has 0 unspecified atom stereocenters. The van der Waals surface area contributed by atoms with Gasteiger partial charge in [0.15, 0.2) is 0 Å². The lowest BCUT2D eigenvalue weighted by Crippen LogP contribution is -2.35. The summed E-state index contributed by atoms with van der Waals surface area (Å²) in [5.74, 6) is 0.368. The average Bonchev–Trinajstić information content (AvgIpc) is 2.45. The fourth-order valence-electron chi connectivity index (χ4n) is 1.70. The number of hydrogen-bond donors (Lipinski definition) is 1. The van der Waals surface area contributed by atoms with Gasteiger partial charge in [-0.15, -0.1) is 0 Å². The van der Waals surface area contributed by atoms with Crippen LogP contribution in [0.25, 0.3) is 0 Å². The largest absolute Gasteiger partial charge is 0.487 e. The minimum absolute atomic E-state index is 0.0877. The molecule has 0 bridgehead atoms. The molecule has 2 rings (SSSR count). The Morgan fingerprint density at radius 3 is 2.38 bits per heavy atom. The van der Waals surface area contributed by atoms with Gasteiger partial charge in [-0.3, -0.25) is 4.98 Å². The molecule has 0 saturated heterocycles. The highest BCUT2D eigenvalue weighted by atomic mass is 19.1. The molecule has 0 fully saturated rings. The van der Waals surface area contributed by atoms with Crippen LogP contribution in [0.5, 0.6) is 5.75 Å². The van der Waals surface area contributed by atoms with Crippen LogP contribution in [-0.4, -0.2) is 10.5 Å². The number of pyridine rings is 1. The van der Waals surface area contributed by atoms with Gasteiger partial charge in [-0.25, -0.2) is 4.39 Å². The molecular weight excluding hydrogens is 267 g/mol. The standard InChI is InChI=1S/C17H21FN2O/c1-17(2,3)20-11-13-4-7-15(19-10-13)12-21-16-8-5-14(18)6-9-16/h4-10,20H,11-12H2,1-3H3. The van der Waals surface area contributed by atoms with Crippen molar-refractivity contribution >= 4 is 0 Å². The number of rotatable bonds is 5. The third-order valence-electron chi connectivity index (χ3n) is 2.91. The number of halogens is 1. The molecule has 0 radical (unpaired) electrons. The molecule has 1 aromatic heterocycles. The maximum atomic E-state index is 12.8. The monoisotopic (exact) mass is 288 g/mol. The Morgan fingerprint density at radius 2 is 1.81 bits per heavy atom. The van der Waals surface area contributed by atoms with E-state index < -0.39 is 0 Å². The highest BCUT2D eigenvalue weighted by molar-refractivity contribution is 5.22. The summed E-state index contributed by atoms with van der Waals surface area (Å²) in [5, 5.41) is 3.41. The molecule has 112 valence electrons. The van der Waals surface area contributed by atoms with Crippen LogP contribution < -0.4 is 10.1 Å². The summed E-state index contributed by atoms with van der Waals surface area (Å²) in [6.45, 7) is 7.55. The van der Waals surface area contributed by atoms with Crippen molar-refractivity contribution in [2.75, 3.05) is 0 Å². The highest BCUT2D eigenvalue weighted by Crippen LogP contribution is 2.13. The molecule has 21 heavy (non-hydrogen) atoms. The first-order valence-electron chi connectivity index (χ1n) is 6.99. The van der Waals surface area contributed by atoms with E-state index in [-0.39, 0.29) is 11.4 Å². The topological polar surface area (TPSA) is 34.1 Å². The Bertz CT molecular complexity index is 559. The second kappa shape index (κ2) is 6.68. The predicted molar refractivity (Wildman–Crippen MR) is 81.6 cm³/mol. The molecule has 4 heteroatoms. The number of hydrogen-bond acceptors (Lipinski definition) is 3. The lowest BCUT2D eigenvalue weighted by atomic mass is 10.1. The highest BCUT2D eigenvalue weighted by Gasteiger charge is 2.08. The van der Waals surface area contributed by atoms with Crippen LogP contribution in [0, 0.1) is 5.82 Å². The SMILES string of the molecule is CC(C)(C)NCc1ccc(COc2ccc(F)cc2)nc1. The van der Waals surface area contributed by atoms with Crippen molar-refractivity contribution in [2.45, 2.75) is 39.5 Å². The van der Waals surface area contributed by atoms with Gasteiger partial charge in [0, 0.05) is 18.3 Å². The van der Waals surface area contributed by atoms with Gasteiger partial charge in [0.2, 0.25) is 0 Å². The van der Waals surface area contributed by atoms with Gasteiger partial charge in [0.05, 0.1) is 5.69 Å². The van der Waals surface area contributed by atoms with Crippen LogP contribution >= 0.6 is 0 Å². The first-order chi connectivity index (χ1) is 9.92. The molecule has 1 heterocycles. The van der Waals surface area contributed by atoms with E-state index in [4.69, 9.17) is 4.74 Å². The zero-order valence-electron chi connectivity index (χ0n) is 12.7. The van der Waals surface area contributed by atoms with Crippen LogP contribution in [0.4, 0.5) is 4.39 Å². The van der Waals surface area contributed by atoms with Gasteiger partial charge in [-0.2, -0.15) is 0 Å². The fourth-order valence-corrected chi connectivity index (χ4v) is 1.70. The molecule has 0 atom stereocenters. The predicted octanol–water partition coefficient (Wildman–Crippen LogP) is 3.69.